The van der Waals surface area contributed by atoms with Gasteiger partial charge in [0.1, 0.15) is 11.5 Å². The van der Waals surface area contributed by atoms with Crippen LogP contribution in [0.2, 0.25) is 10.0 Å². The quantitative estimate of drug-likeness (QED) is 0.143. The maximum atomic E-state index is 15.4. The number of hydrogen-bond acceptors (Lipinski definition) is 7. The van der Waals surface area contributed by atoms with Crippen LogP contribution in [-0.2, 0) is 31.0 Å². The zero-order valence-corrected chi connectivity index (χ0v) is 31.8. The minimum absolute atomic E-state index is 0.0765. The van der Waals surface area contributed by atoms with Crippen molar-refractivity contribution in [2.45, 2.75) is 37.5 Å². The fourth-order valence-corrected chi connectivity index (χ4v) is 9.91. The highest BCUT2D eigenvalue weighted by Crippen LogP contribution is 2.65. The van der Waals surface area contributed by atoms with Gasteiger partial charge in [0.05, 0.1) is 46.7 Å². The van der Waals surface area contributed by atoms with Gasteiger partial charge in [-0.25, -0.2) is 0 Å². The highest BCUT2D eigenvalue weighted by Gasteiger charge is 2.70. The zero-order valence-electron chi connectivity index (χ0n) is 28.7. The molecule has 9 nitrogen and oxygen atoms in total. The molecular weight excluding hydrogens is 781 g/mol. The van der Waals surface area contributed by atoms with E-state index in [0.717, 1.165) is 22.6 Å². The second-order valence-electron chi connectivity index (χ2n) is 13.9. The Morgan fingerprint density at radius 3 is 2.32 bits per heavy atom. The molecule has 6 atom stereocenters. The molecule has 2 heterocycles. The summed E-state index contributed by atoms with van der Waals surface area (Å²) < 4.78 is 6.12. The lowest BCUT2D eigenvalue weighted by molar-refractivity contribution is -0.138. The number of carbonyl (C=O) groups is 4. The van der Waals surface area contributed by atoms with Crippen molar-refractivity contribution in [2.75, 3.05) is 17.4 Å². The van der Waals surface area contributed by atoms with Crippen molar-refractivity contribution >= 4 is 74.1 Å². The van der Waals surface area contributed by atoms with Crippen LogP contribution in [0.3, 0.4) is 0 Å². The second kappa shape index (κ2) is 13.3. The lowest BCUT2D eigenvalue weighted by Gasteiger charge is -2.50. The first-order valence-corrected chi connectivity index (χ1v) is 18.9. The van der Waals surface area contributed by atoms with E-state index in [0.29, 0.717) is 37.7 Å². The Labute approximate surface area is 324 Å². The van der Waals surface area contributed by atoms with Gasteiger partial charge in [0, 0.05) is 21.0 Å². The maximum Gasteiger partial charge on any atom is 0.260 e. The van der Waals surface area contributed by atoms with Crippen molar-refractivity contribution in [1.29, 1.82) is 0 Å². The number of carbonyl (C=O) groups excluding carboxylic acids is 4. The summed E-state index contributed by atoms with van der Waals surface area (Å²) in [6.07, 6.45) is 3.12. The predicted molar refractivity (Wildman–Crippen MR) is 205 cm³/mol. The van der Waals surface area contributed by atoms with Crippen molar-refractivity contribution < 1.29 is 29.0 Å². The molecule has 270 valence electrons. The van der Waals surface area contributed by atoms with Crippen LogP contribution in [0.1, 0.15) is 42.4 Å². The van der Waals surface area contributed by atoms with E-state index in [1.54, 1.807) is 73.8 Å². The second-order valence-corrected chi connectivity index (χ2v) is 15.7. The molecule has 0 bridgehead atoms. The van der Waals surface area contributed by atoms with Crippen molar-refractivity contribution in [3.63, 3.8) is 0 Å². The van der Waals surface area contributed by atoms with Gasteiger partial charge in [-0.1, -0.05) is 82.0 Å². The van der Waals surface area contributed by atoms with Gasteiger partial charge in [0.25, 0.3) is 11.8 Å². The molecule has 3 fully saturated rings. The number of anilines is 2. The van der Waals surface area contributed by atoms with Gasteiger partial charge in [0.2, 0.25) is 11.8 Å². The molecule has 0 radical (unpaired) electrons. The van der Waals surface area contributed by atoms with Crippen LogP contribution in [0.5, 0.6) is 11.5 Å². The Bertz CT molecular complexity index is 2230. The molecule has 53 heavy (non-hydrogen) atoms. The smallest absolute Gasteiger partial charge is 0.260 e. The van der Waals surface area contributed by atoms with Gasteiger partial charge in [-0.3, -0.25) is 29.5 Å². The van der Waals surface area contributed by atoms with Gasteiger partial charge in [0.15, 0.2) is 0 Å². The van der Waals surface area contributed by atoms with E-state index in [4.69, 9.17) is 27.9 Å². The lowest BCUT2D eigenvalue weighted by atomic mass is 9.49. The molecule has 4 aromatic carbocycles. The SMILES string of the molecule is CCc1ccc(N2C(=O)C3CC=C4C(CC5C(=O)N(Nc6ccc(Cl)cc6Cl)C(=O)C5(c5ccc(OC)cc5)C4c4cc(Br)ccc4O)C3C2=O)cc1. The third kappa shape index (κ3) is 5.40. The molecular formula is C41H34BrCl2N3O6. The topological polar surface area (TPSA) is 116 Å². The standard InChI is InChI=1S/C41H34BrCl2N3O6/c1-3-21-4-10-25(11-5-21)46-37(49)28-15-14-27-29(35(28)39(46)51)20-31-38(50)47(45-33-16-9-24(43)19-32(33)44)40(52)41(31,22-6-12-26(53-2)13-7-22)36(27)30-18-23(42)8-17-34(30)48/h4-14,16-19,28-29,31,35-36,45,48H,3,15,20H2,1-2H3. The van der Waals surface area contributed by atoms with Gasteiger partial charge < -0.3 is 9.84 Å². The van der Waals surface area contributed by atoms with Crippen molar-refractivity contribution in [3.8, 4) is 11.5 Å². The number of fused-ring (bicyclic) bond motifs is 4. The Kier molecular flexibility index (Phi) is 8.91. The number of nitrogens with zero attached hydrogens (tertiary/aromatic N) is 2. The predicted octanol–water partition coefficient (Wildman–Crippen LogP) is 8.22. The summed E-state index contributed by atoms with van der Waals surface area (Å²) in [5, 5.41) is 13.2. The van der Waals surface area contributed by atoms with E-state index in [2.05, 4.69) is 21.4 Å². The third-order valence-electron chi connectivity index (χ3n) is 11.5. The molecule has 4 aromatic rings. The maximum absolute atomic E-state index is 15.4. The van der Waals surface area contributed by atoms with E-state index in [-0.39, 0.29) is 35.4 Å². The number of aromatic hydroxyl groups is 1. The molecule has 2 aliphatic carbocycles. The number of ether oxygens (including phenoxy) is 1. The summed E-state index contributed by atoms with van der Waals surface area (Å²) in [5.74, 6) is -5.20. The highest BCUT2D eigenvalue weighted by molar-refractivity contribution is 9.10. The third-order valence-corrected chi connectivity index (χ3v) is 12.5. The van der Waals surface area contributed by atoms with E-state index < -0.39 is 46.8 Å². The normalized spacial score (nSPS) is 26.3. The molecule has 8 rings (SSSR count). The fourth-order valence-electron chi connectivity index (χ4n) is 9.08. The average molecular weight is 816 g/mol. The molecule has 6 unspecified atom stereocenters. The number of hydrazine groups is 1. The van der Waals surface area contributed by atoms with E-state index in [1.807, 2.05) is 25.1 Å². The van der Waals surface area contributed by atoms with E-state index in [9.17, 15) is 19.5 Å². The first-order chi connectivity index (χ1) is 25.5. The van der Waals surface area contributed by atoms with E-state index in [1.165, 1.54) is 11.0 Å². The van der Waals surface area contributed by atoms with Crippen molar-refractivity contribution in [1.82, 2.24) is 5.01 Å². The molecule has 2 saturated heterocycles. The number of imide groups is 2. The van der Waals surface area contributed by atoms with Crippen LogP contribution in [0.25, 0.3) is 0 Å². The minimum Gasteiger partial charge on any atom is -0.508 e. The number of amides is 4. The fraction of sp³-hybridized carbons (Fsp3) is 0.268. The summed E-state index contributed by atoms with van der Waals surface area (Å²) in [5.41, 5.74) is 4.93. The number of phenolic OH excluding ortho intramolecular Hbond substituents is 1. The molecule has 2 aliphatic heterocycles. The number of halogens is 3. The zero-order chi connectivity index (χ0) is 37.3. The number of aryl methyl sites for hydroxylation is 1. The van der Waals surface area contributed by atoms with Crippen molar-refractivity contribution in [2.24, 2.45) is 23.7 Å². The molecule has 12 heteroatoms. The molecule has 4 aliphatic rings. The molecule has 2 N–H and O–H groups in total. The van der Waals surface area contributed by atoms with E-state index >= 15 is 4.79 Å². The Hall–Kier alpha value is -4.64. The monoisotopic (exact) mass is 813 g/mol. The van der Waals surface area contributed by atoms with Gasteiger partial charge >= 0.3 is 0 Å². The van der Waals surface area contributed by atoms with Crippen LogP contribution in [0.4, 0.5) is 11.4 Å². The first kappa shape index (κ1) is 35.4. The van der Waals surface area contributed by atoms with Crippen LogP contribution in [-0.4, -0.2) is 40.9 Å². The summed E-state index contributed by atoms with van der Waals surface area (Å²) in [7, 11) is 1.54. The summed E-state index contributed by atoms with van der Waals surface area (Å²) in [6.45, 7) is 2.03. The number of phenols is 1. The number of allylic oxidation sites excluding steroid dienone is 2. The number of methoxy groups -OCH3 is 1. The van der Waals surface area contributed by atoms with Crippen LogP contribution in [0, 0.1) is 23.7 Å². The Morgan fingerprint density at radius 2 is 1.64 bits per heavy atom. The summed E-state index contributed by atoms with van der Waals surface area (Å²) >= 11 is 16.3. The number of rotatable bonds is 7. The Balaban J connectivity index is 1.33. The van der Waals surface area contributed by atoms with Crippen LogP contribution in [0.15, 0.2) is 101 Å². The molecule has 0 aromatic heterocycles. The Morgan fingerprint density at radius 1 is 0.906 bits per heavy atom. The largest absolute Gasteiger partial charge is 0.508 e. The molecule has 0 spiro atoms. The van der Waals surface area contributed by atoms with Gasteiger partial charge in [-0.2, -0.15) is 5.01 Å². The number of benzene rings is 4. The summed E-state index contributed by atoms with van der Waals surface area (Å²) in [4.78, 5) is 60.2. The minimum atomic E-state index is -1.59. The van der Waals surface area contributed by atoms with Crippen molar-refractivity contribution in [3.05, 3.63) is 128 Å². The van der Waals surface area contributed by atoms with Gasteiger partial charge in [-0.05, 0) is 97.0 Å². The highest BCUT2D eigenvalue weighted by atomic mass is 79.9. The number of nitrogens with one attached hydrogen (secondary N) is 1. The number of hydrogen-bond donors (Lipinski definition) is 2. The molecule has 4 amide bonds. The lowest BCUT2D eigenvalue weighted by Crippen LogP contribution is -2.53. The molecule has 1 saturated carbocycles. The van der Waals surface area contributed by atoms with Gasteiger partial charge in [-0.15, -0.1) is 0 Å². The summed E-state index contributed by atoms with van der Waals surface area (Å²) in [6, 6.07) is 24.1. The van der Waals surface area contributed by atoms with Crippen LogP contribution >= 0.6 is 39.1 Å². The first-order valence-electron chi connectivity index (χ1n) is 17.4. The van der Waals surface area contributed by atoms with Crippen LogP contribution < -0.4 is 15.1 Å². The average Bonchev–Trinajstić information content (AvgIpc) is 3.54.